The molecule has 0 aliphatic carbocycles. The van der Waals surface area contributed by atoms with Gasteiger partial charge in [-0.15, -0.1) is 0 Å². The zero-order valence-electron chi connectivity index (χ0n) is 13.3. The number of thioether (sulfide) groups is 1. The SMILES string of the molecule is CCSCCC(C)NC(C)c1cc(C)c(C)cc1C. The van der Waals surface area contributed by atoms with Crippen molar-refractivity contribution < 1.29 is 0 Å². The van der Waals surface area contributed by atoms with Crippen LogP contribution in [0.3, 0.4) is 0 Å². The zero-order valence-corrected chi connectivity index (χ0v) is 14.2. The second-order valence-electron chi connectivity index (χ2n) is 5.57. The fourth-order valence-electron chi connectivity index (χ4n) is 2.45. The van der Waals surface area contributed by atoms with E-state index >= 15 is 0 Å². The number of rotatable bonds is 7. The number of hydrogen-bond donors (Lipinski definition) is 1. The third-order valence-corrected chi connectivity index (χ3v) is 4.72. The molecule has 108 valence electrons. The van der Waals surface area contributed by atoms with Gasteiger partial charge in [0.2, 0.25) is 0 Å². The number of benzene rings is 1. The van der Waals surface area contributed by atoms with Crippen LogP contribution >= 0.6 is 11.8 Å². The molecule has 0 aliphatic heterocycles. The molecule has 0 bridgehead atoms. The molecule has 2 unspecified atom stereocenters. The van der Waals surface area contributed by atoms with Gasteiger partial charge >= 0.3 is 0 Å². The molecule has 0 saturated carbocycles. The van der Waals surface area contributed by atoms with Crippen molar-refractivity contribution in [3.05, 3.63) is 34.4 Å². The molecule has 0 radical (unpaired) electrons. The normalized spacial score (nSPS) is 14.4. The lowest BCUT2D eigenvalue weighted by Crippen LogP contribution is -2.30. The van der Waals surface area contributed by atoms with Crippen LogP contribution < -0.4 is 5.32 Å². The van der Waals surface area contributed by atoms with Crippen LogP contribution in [-0.4, -0.2) is 17.5 Å². The molecule has 1 nitrogen and oxygen atoms in total. The van der Waals surface area contributed by atoms with E-state index in [-0.39, 0.29) is 0 Å². The summed E-state index contributed by atoms with van der Waals surface area (Å²) in [5, 5.41) is 3.73. The molecule has 2 atom stereocenters. The third-order valence-electron chi connectivity index (χ3n) is 3.78. The van der Waals surface area contributed by atoms with Gasteiger partial charge < -0.3 is 5.32 Å². The largest absolute Gasteiger partial charge is 0.308 e. The van der Waals surface area contributed by atoms with Crippen LogP contribution in [0.25, 0.3) is 0 Å². The lowest BCUT2D eigenvalue weighted by Gasteiger charge is -2.22. The average molecular weight is 279 g/mol. The summed E-state index contributed by atoms with van der Waals surface area (Å²) >= 11 is 2.03. The molecule has 1 rings (SSSR count). The Kier molecular flexibility index (Phi) is 6.95. The molecule has 0 amide bonds. The smallest absolute Gasteiger partial charge is 0.0296 e. The van der Waals surface area contributed by atoms with Crippen LogP contribution in [0.2, 0.25) is 0 Å². The summed E-state index contributed by atoms with van der Waals surface area (Å²) in [4.78, 5) is 0. The summed E-state index contributed by atoms with van der Waals surface area (Å²) in [7, 11) is 0. The second kappa shape index (κ2) is 7.96. The fourth-order valence-corrected chi connectivity index (χ4v) is 3.26. The molecule has 1 N–H and O–H groups in total. The van der Waals surface area contributed by atoms with E-state index in [4.69, 9.17) is 0 Å². The van der Waals surface area contributed by atoms with Crippen molar-refractivity contribution in [2.24, 2.45) is 0 Å². The Hall–Kier alpha value is -0.470. The second-order valence-corrected chi connectivity index (χ2v) is 6.96. The molecule has 0 aromatic heterocycles. The van der Waals surface area contributed by atoms with Gasteiger partial charge in [-0.25, -0.2) is 0 Å². The average Bonchev–Trinajstić information content (AvgIpc) is 2.34. The highest BCUT2D eigenvalue weighted by Crippen LogP contribution is 2.22. The first kappa shape index (κ1) is 16.6. The highest BCUT2D eigenvalue weighted by molar-refractivity contribution is 7.99. The van der Waals surface area contributed by atoms with Crippen molar-refractivity contribution in [1.29, 1.82) is 0 Å². The molecule has 0 fully saturated rings. The molecule has 1 aromatic rings. The molecule has 2 heteroatoms. The highest BCUT2D eigenvalue weighted by Gasteiger charge is 2.12. The topological polar surface area (TPSA) is 12.0 Å². The van der Waals surface area contributed by atoms with Crippen LogP contribution in [0.15, 0.2) is 12.1 Å². The summed E-state index contributed by atoms with van der Waals surface area (Å²) in [5.74, 6) is 2.47. The predicted molar refractivity (Wildman–Crippen MR) is 89.3 cm³/mol. The van der Waals surface area contributed by atoms with E-state index in [1.54, 1.807) is 0 Å². The van der Waals surface area contributed by atoms with Gasteiger partial charge in [-0.3, -0.25) is 0 Å². The van der Waals surface area contributed by atoms with Gasteiger partial charge in [-0.2, -0.15) is 11.8 Å². The van der Waals surface area contributed by atoms with E-state index in [1.807, 2.05) is 11.8 Å². The van der Waals surface area contributed by atoms with Gasteiger partial charge in [0.15, 0.2) is 0 Å². The van der Waals surface area contributed by atoms with E-state index in [0.717, 1.165) is 0 Å². The zero-order chi connectivity index (χ0) is 14.4. The summed E-state index contributed by atoms with van der Waals surface area (Å²) in [6, 6.07) is 5.66. The molecule has 0 spiro atoms. The maximum Gasteiger partial charge on any atom is 0.0296 e. The Morgan fingerprint density at radius 2 is 1.68 bits per heavy atom. The maximum atomic E-state index is 3.73. The summed E-state index contributed by atoms with van der Waals surface area (Å²) in [5.41, 5.74) is 5.63. The van der Waals surface area contributed by atoms with Crippen molar-refractivity contribution in [3.63, 3.8) is 0 Å². The monoisotopic (exact) mass is 279 g/mol. The van der Waals surface area contributed by atoms with Crippen molar-refractivity contribution in [3.8, 4) is 0 Å². The molecular weight excluding hydrogens is 250 g/mol. The Labute approximate surface area is 123 Å². The lowest BCUT2D eigenvalue weighted by molar-refractivity contribution is 0.470. The van der Waals surface area contributed by atoms with Crippen molar-refractivity contribution in [1.82, 2.24) is 5.32 Å². The summed E-state index contributed by atoms with van der Waals surface area (Å²) in [6.07, 6.45) is 1.24. The van der Waals surface area contributed by atoms with Crippen molar-refractivity contribution >= 4 is 11.8 Å². The predicted octanol–water partition coefficient (Wildman–Crippen LogP) is 4.79. The summed E-state index contributed by atoms with van der Waals surface area (Å²) < 4.78 is 0. The summed E-state index contributed by atoms with van der Waals surface area (Å²) in [6.45, 7) is 13.4. The van der Waals surface area contributed by atoms with E-state index < -0.39 is 0 Å². The van der Waals surface area contributed by atoms with Gasteiger partial charge in [0, 0.05) is 12.1 Å². The van der Waals surface area contributed by atoms with Gasteiger partial charge in [0.1, 0.15) is 0 Å². The van der Waals surface area contributed by atoms with E-state index in [9.17, 15) is 0 Å². The van der Waals surface area contributed by atoms with Crippen molar-refractivity contribution in [2.75, 3.05) is 11.5 Å². The Morgan fingerprint density at radius 3 is 2.32 bits per heavy atom. The number of aryl methyl sites for hydroxylation is 3. The standard InChI is InChI=1S/C17H29NS/c1-7-19-9-8-15(5)18-16(6)17-11-13(3)12(2)10-14(17)4/h10-11,15-16,18H,7-9H2,1-6H3. The van der Waals surface area contributed by atoms with Crippen LogP contribution in [0.1, 0.15) is 55.5 Å². The Morgan fingerprint density at radius 1 is 1.05 bits per heavy atom. The first-order chi connectivity index (χ1) is 8.95. The fraction of sp³-hybridized carbons (Fsp3) is 0.647. The molecule has 1 aromatic carbocycles. The first-order valence-corrected chi connectivity index (χ1v) is 8.52. The number of nitrogens with one attached hydrogen (secondary N) is 1. The van der Waals surface area contributed by atoms with Crippen LogP contribution in [0.5, 0.6) is 0 Å². The van der Waals surface area contributed by atoms with E-state index in [2.05, 4.69) is 59.0 Å². The minimum atomic E-state index is 0.431. The van der Waals surface area contributed by atoms with Gasteiger partial charge in [-0.1, -0.05) is 19.1 Å². The highest BCUT2D eigenvalue weighted by atomic mass is 32.2. The molecular formula is C17H29NS. The molecule has 0 saturated heterocycles. The van der Waals surface area contributed by atoms with Crippen LogP contribution in [-0.2, 0) is 0 Å². The van der Waals surface area contributed by atoms with Crippen molar-refractivity contribution in [2.45, 2.75) is 60.0 Å². The maximum absolute atomic E-state index is 3.73. The number of hydrogen-bond acceptors (Lipinski definition) is 2. The molecule has 19 heavy (non-hydrogen) atoms. The van der Waals surface area contributed by atoms with Gasteiger partial charge in [-0.05, 0) is 74.8 Å². The van der Waals surface area contributed by atoms with Gasteiger partial charge in [0.05, 0.1) is 0 Å². The molecule has 0 aliphatic rings. The quantitative estimate of drug-likeness (QED) is 0.720. The van der Waals surface area contributed by atoms with E-state index in [1.165, 1.54) is 40.2 Å². The Balaban J connectivity index is 2.62. The Bertz CT molecular complexity index is 400. The van der Waals surface area contributed by atoms with Crippen LogP contribution in [0, 0.1) is 20.8 Å². The minimum Gasteiger partial charge on any atom is -0.308 e. The molecule has 0 heterocycles. The first-order valence-electron chi connectivity index (χ1n) is 7.37. The minimum absolute atomic E-state index is 0.431. The third kappa shape index (κ3) is 5.19. The van der Waals surface area contributed by atoms with E-state index in [0.29, 0.717) is 12.1 Å². The van der Waals surface area contributed by atoms with Crippen LogP contribution in [0.4, 0.5) is 0 Å². The van der Waals surface area contributed by atoms with Gasteiger partial charge in [0.25, 0.3) is 0 Å². The lowest BCUT2D eigenvalue weighted by atomic mass is 9.96.